The molecule has 2 N–H and O–H groups in total. The lowest BCUT2D eigenvalue weighted by atomic mass is 10.1. The van der Waals surface area contributed by atoms with Crippen LogP contribution in [0.2, 0.25) is 5.02 Å². The Morgan fingerprint density at radius 1 is 1.17 bits per heavy atom. The number of aromatic amines is 1. The smallest absolute Gasteiger partial charge is 0.255 e. The van der Waals surface area contributed by atoms with Gasteiger partial charge in [0.2, 0.25) is 0 Å². The van der Waals surface area contributed by atoms with E-state index >= 15 is 0 Å². The first kappa shape index (κ1) is 16.2. The van der Waals surface area contributed by atoms with Crippen molar-refractivity contribution in [1.29, 1.82) is 0 Å². The lowest BCUT2D eigenvalue weighted by Gasteiger charge is -2.14. The third-order valence-corrected chi connectivity index (χ3v) is 3.99. The number of carbonyl (C=O) groups is 1. The number of H-pyrrole nitrogens is 1. The van der Waals surface area contributed by atoms with Gasteiger partial charge < -0.3 is 5.32 Å². The lowest BCUT2D eigenvalue weighted by Crippen LogP contribution is -2.26. The largest absolute Gasteiger partial charge is 0.345 e. The summed E-state index contributed by atoms with van der Waals surface area (Å²) in [5, 5.41) is 10.3. The molecule has 2 aromatic carbocycles. The summed E-state index contributed by atoms with van der Waals surface area (Å²) in [7, 11) is 0. The number of carbonyl (C=O) groups excluding carboxylic acids is 1. The Morgan fingerprint density at radius 2 is 1.83 bits per heavy atom. The molecule has 122 valence electrons. The van der Waals surface area contributed by atoms with Gasteiger partial charge >= 0.3 is 0 Å². The SMILES string of the molecule is CC(NC(=O)c1cn[nH]c1-c1ccc(Cl)cc1)c1ccc(F)cc1. The van der Waals surface area contributed by atoms with Crippen molar-refractivity contribution < 1.29 is 9.18 Å². The zero-order chi connectivity index (χ0) is 17.1. The molecule has 1 unspecified atom stereocenters. The minimum Gasteiger partial charge on any atom is -0.345 e. The highest BCUT2D eigenvalue weighted by atomic mass is 35.5. The minimum absolute atomic E-state index is 0.258. The maximum absolute atomic E-state index is 13.0. The fourth-order valence-electron chi connectivity index (χ4n) is 2.40. The van der Waals surface area contributed by atoms with E-state index in [-0.39, 0.29) is 17.8 Å². The molecule has 0 bridgehead atoms. The van der Waals surface area contributed by atoms with Gasteiger partial charge in [-0.3, -0.25) is 9.89 Å². The number of hydrogen-bond donors (Lipinski definition) is 2. The summed E-state index contributed by atoms with van der Waals surface area (Å²) in [5.74, 6) is -0.567. The van der Waals surface area contributed by atoms with Gasteiger partial charge in [-0.25, -0.2) is 4.39 Å². The summed E-state index contributed by atoms with van der Waals surface area (Å²) in [6.07, 6.45) is 1.48. The molecule has 1 amide bonds. The highest BCUT2D eigenvalue weighted by molar-refractivity contribution is 6.30. The molecule has 1 atom stereocenters. The second-order valence-corrected chi connectivity index (χ2v) is 5.85. The van der Waals surface area contributed by atoms with Crippen molar-refractivity contribution in [2.24, 2.45) is 0 Å². The molecule has 1 heterocycles. The monoisotopic (exact) mass is 343 g/mol. The van der Waals surface area contributed by atoms with Crippen molar-refractivity contribution in [3.8, 4) is 11.3 Å². The number of amides is 1. The van der Waals surface area contributed by atoms with Crippen LogP contribution < -0.4 is 5.32 Å². The van der Waals surface area contributed by atoms with Crippen LogP contribution in [0.4, 0.5) is 4.39 Å². The van der Waals surface area contributed by atoms with Gasteiger partial charge in [0.1, 0.15) is 5.82 Å². The van der Waals surface area contributed by atoms with E-state index in [0.717, 1.165) is 11.1 Å². The van der Waals surface area contributed by atoms with Crippen LogP contribution in [0, 0.1) is 5.82 Å². The predicted molar refractivity (Wildman–Crippen MR) is 91.3 cm³/mol. The molecule has 6 heteroatoms. The van der Waals surface area contributed by atoms with Gasteiger partial charge in [0.05, 0.1) is 23.5 Å². The zero-order valence-electron chi connectivity index (χ0n) is 12.9. The molecule has 0 radical (unpaired) electrons. The molecule has 0 spiro atoms. The first-order chi connectivity index (χ1) is 11.5. The highest BCUT2D eigenvalue weighted by Gasteiger charge is 2.17. The van der Waals surface area contributed by atoms with Crippen LogP contribution in [0.25, 0.3) is 11.3 Å². The van der Waals surface area contributed by atoms with E-state index in [4.69, 9.17) is 11.6 Å². The summed E-state index contributed by atoms with van der Waals surface area (Å²) < 4.78 is 13.0. The van der Waals surface area contributed by atoms with E-state index in [1.807, 2.05) is 19.1 Å². The number of halogens is 2. The third-order valence-electron chi connectivity index (χ3n) is 3.73. The lowest BCUT2D eigenvalue weighted by molar-refractivity contribution is 0.0940. The molecule has 0 aliphatic heterocycles. The van der Waals surface area contributed by atoms with Gasteiger partial charge in [-0.05, 0) is 36.8 Å². The second kappa shape index (κ2) is 6.84. The number of rotatable bonds is 4. The quantitative estimate of drug-likeness (QED) is 0.739. The fourth-order valence-corrected chi connectivity index (χ4v) is 2.53. The fraction of sp³-hybridized carbons (Fsp3) is 0.111. The van der Waals surface area contributed by atoms with Crippen molar-refractivity contribution in [3.05, 3.63) is 76.7 Å². The summed E-state index contributed by atoms with van der Waals surface area (Å²) >= 11 is 5.89. The predicted octanol–water partition coefficient (Wildman–Crippen LogP) is 4.36. The standard InChI is InChI=1S/C18H15ClFN3O/c1-11(12-4-8-15(20)9-5-12)22-18(24)16-10-21-23-17(16)13-2-6-14(19)7-3-13/h2-11H,1H3,(H,21,23)(H,22,24). The van der Waals surface area contributed by atoms with Crippen LogP contribution in [0.1, 0.15) is 28.9 Å². The van der Waals surface area contributed by atoms with Crippen LogP contribution in [0.5, 0.6) is 0 Å². The first-order valence-electron chi connectivity index (χ1n) is 7.40. The minimum atomic E-state index is -0.308. The Morgan fingerprint density at radius 3 is 2.50 bits per heavy atom. The molecule has 0 aliphatic rings. The van der Waals surface area contributed by atoms with E-state index in [0.29, 0.717) is 16.3 Å². The van der Waals surface area contributed by atoms with Crippen LogP contribution in [0.15, 0.2) is 54.7 Å². The molecule has 24 heavy (non-hydrogen) atoms. The highest BCUT2D eigenvalue weighted by Crippen LogP contribution is 2.23. The van der Waals surface area contributed by atoms with Crippen molar-refractivity contribution in [2.75, 3.05) is 0 Å². The van der Waals surface area contributed by atoms with Gasteiger partial charge in [-0.15, -0.1) is 0 Å². The average molecular weight is 344 g/mol. The van der Waals surface area contributed by atoms with Crippen molar-refractivity contribution >= 4 is 17.5 Å². The van der Waals surface area contributed by atoms with Crippen LogP contribution in [0.3, 0.4) is 0 Å². The molecule has 3 rings (SSSR count). The number of aromatic nitrogens is 2. The summed E-state index contributed by atoms with van der Waals surface area (Å²) in [6.45, 7) is 1.84. The molecule has 0 saturated carbocycles. The topological polar surface area (TPSA) is 57.8 Å². The molecule has 3 aromatic rings. The Hall–Kier alpha value is -2.66. The Kier molecular flexibility index (Phi) is 4.62. The first-order valence-corrected chi connectivity index (χ1v) is 7.78. The van der Waals surface area contributed by atoms with Crippen LogP contribution in [-0.4, -0.2) is 16.1 Å². The maximum Gasteiger partial charge on any atom is 0.255 e. The summed E-state index contributed by atoms with van der Waals surface area (Å²) in [4.78, 5) is 12.5. The van der Waals surface area contributed by atoms with Crippen LogP contribution >= 0.6 is 11.6 Å². The molecule has 0 fully saturated rings. The number of nitrogens with zero attached hydrogens (tertiary/aromatic N) is 1. The van der Waals surface area contributed by atoms with Crippen molar-refractivity contribution in [1.82, 2.24) is 15.5 Å². The Bertz CT molecular complexity index is 843. The molecule has 1 aromatic heterocycles. The van der Waals surface area contributed by atoms with Crippen LogP contribution in [-0.2, 0) is 0 Å². The van der Waals surface area contributed by atoms with Crippen molar-refractivity contribution in [3.63, 3.8) is 0 Å². The summed E-state index contributed by atoms with van der Waals surface area (Å²) in [5.41, 5.74) is 2.69. The van der Waals surface area contributed by atoms with E-state index in [9.17, 15) is 9.18 Å². The zero-order valence-corrected chi connectivity index (χ0v) is 13.6. The molecule has 0 aliphatic carbocycles. The third kappa shape index (κ3) is 3.46. The number of benzene rings is 2. The van der Waals surface area contributed by atoms with E-state index in [2.05, 4.69) is 15.5 Å². The molecule has 4 nitrogen and oxygen atoms in total. The van der Waals surface area contributed by atoms with Crippen molar-refractivity contribution in [2.45, 2.75) is 13.0 Å². The van der Waals surface area contributed by atoms with E-state index in [1.165, 1.54) is 18.3 Å². The van der Waals surface area contributed by atoms with E-state index in [1.54, 1.807) is 24.3 Å². The number of nitrogens with one attached hydrogen (secondary N) is 2. The van der Waals surface area contributed by atoms with E-state index < -0.39 is 0 Å². The van der Waals surface area contributed by atoms with Gasteiger partial charge in [-0.1, -0.05) is 35.9 Å². The normalized spacial score (nSPS) is 12.0. The molecule has 0 saturated heterocycles. The summed E-state index contributed by atoms with van der Waals surface area (Å²) in [6, 6.07) is 12.9. The molecular formula is C18H15ClFN3O. The Labute approximate surface area is 143 Å². The maximum atomic E-state index is 13.0. The number of hydrogen-bond acceptors (Lipinski definition) is 2. The molecular weight excluding hydrogens is 329 g/mol. The van der Waals surface area contributed by atoms with Gasteiger partial charge in [0.25, 0.3) is 5.91 Å². The van der Waals surface area contributed by atoms with Gasteiger partial charge in [-0.2, -0.15) is 5.10 Å². The van der Waals surface area contributed by atoms with Gasteiger partial charge in [0.15, 0.2) is 0 Å². The van der Waals surface area contributed by atoms with Gasteiger partial charge in [0, 0.05) is 10.6 Å². The average Bonchev–Trinajstić information content (AvgIpc) is 3.06. The Balaban J connectivity index is 1.80. The second-order valence-electron chi connectivity index (χ2n) is 5.41.